The number of aliphatic carboxylic acids is 1. The lowest BCUT2D eigenvalue weighted by molar-refractivity contribution is -0.137. The number of rotatable bonds is 7. The average molecular weight is 421 g/mol. The monoisotopic (exact) mass is 421 g/mol. The van der Waals surface area contributed by atoms with E-state index >= 15 is 0 Å². The lowest BCUT2D eigenvalue weighted by Gasteiger charge is -2.06. The van der Waals surface area contributed by atoms with Gasteiger partial charge in [-0.15, -0.1) is 11.3 Å². The van der Waals surface area contributed by atoms with E-state index in [4.69, 9.17) is 5.11 Å². The SMILES string of the molecule is C=C(/C=C\C(=C/C)C(=O)O)CNC(=O)c1cc(-c2ccc(C(F)(F)F)cc2)cs1. The fourth-order valence-corrected chi connectivity index (χ4v) is 3.13. The molecule has 0 aliphatic heterocycles. The molecule has 0 saturated carbocycles. The molecule has 2 N–H and O–H groups in total. The molecular weight excluding hydrogens is 403 g/mol. The Morgan fingerprint density at radius 1 is 1.17 bits per heavy atom. The van der Waals surface area contributed by atoms with Gasteiger partial charge in [0.2, 0.25) is 0 Å². The normalized spacial score (nSPS) is 12.2. The highest BCUT2D eigenvalue weighted by atomic mass is 32.1. The molecule has 1 heterocycles. The minimum Gasteiger partial charge on any atom is -0.478 e. The molecule has 0 aliphatic carbocycles. The van der Waals surface area contributed by atoms with Gasteiger partial charge in [0, 0.05) is 6.54 Å². The first-order valence-electron chi connectivity index (χ1n) is 8.41. The predicted octanol–water partition coefficient (Wildman–Crippen LogP) is 5.31. The van der Waals surface area contributed by atoms with Gasteiger partial charge in [-0.05, 0) is 53.3 Å². The van der Waals surface area contributed by atoms with Crippen molar-refractivity contribution in [2.24, 2.45) is 0 Å². The lowest BCUT2D eigenvalue weighted by atomic mass is 10.1. The number of hydrogen-bond donors (Lipinski definition) is 2. The average Bonchev–Trinajstić information content (AvgIpc) is 3.16. The molecule has 4 nitrogen and oxygen atoms in total. The molecule has 8 heteroatoms. The Hall–Kier alpha value is -3.13. The van der Waals surface area contributed by atoms with Crippen LogP contribution < -0.4 is 5.32 Å². The first-order valence-corrected chi connectivity index (χ1v) is 9.29. The summed E-state index contributed by atoms with van der Waals surface area (Å²) in [7, 11) is 0. The fourth-order valence-electron chi connectivity index (χ4n) is 2.30. The fraction of sp³-hybridized carbons (Fsp3) is 0.143. The van der Waals surface area contributed by atoms with E-state index in [0.717, 1.165) is 12.1 Å². The van der Waals surface area contributed by atoms with Crippen molar-refractivity contribution in [2.75, 3.05) is 6.54 Å². The van der Waals surface area contributed by atoms with Crippen molar-refractivity contribution in [3.05, 3.63) is 82.1 Å². The van der Waals surface area contributed by atoms with Crippen molar-refractivity contribution in [1.82, 2.24) is 5.32 Å². The molecule has 0 radical (unpaired) electrons. The maximum absolute atomic E-state index is 12.6. The summed E-state index contributed by atoms with van der Waals surface area (Å²) in [6.07, 6.45) is -0.0528. The highest BCUT2D eigenvalue weighted by molar-refractivity contribution is 7.12. The summed E-state index contributed by atoms with van der Waals surface area (Å²) in [6.45, 7) is 5.48. The first kappa shape index (κ1) is 22.2. The smallest absolute Gasteiger partial charge is 0.416 e. The van der Waals surface area contributed by atoms with Crippen LogP contribution in [-0.4, -0.2) is 23.5 Å². The number of amides is 1. The third-order valence-corrected chi connectivity index (χ3v) is 4.83. The number of alkyl halides is 3. The van der Waals surface area contributed by atoms with Gasteiger partial charge in [-0.1, -0.05) is 30.9 Å². The number of carbonyl (C=O) groups excluding carboxylic acids is 1. The zero-order chi connectivity index (χ0) is 21.6. The Labute approximate surface area is 169 Å². The van der Waals surface area contributed by atoms with Crippen molar-refractivity contribution in [3.8, 4) is 11.1 Å². The largest absolute Gasteiger partial charge is 0.478 e. The summed E-state index contributed by atoms with van der Waals surface area (Å²) in [5.41, 5.74) is 1.11. The summed E-state index contributed by atoms with van der Waals surface area (Å²) in [5.74, 6) is -1.41. The van der Waals surface area contributed by atoms with Gasteiger partial charge >= 0.3 is 12.1 Å². The molecule has 29 heavy (non-hydrogen) atoms. The molecule has 0 bridgehead atoms. The Balaban J connectivity index is 1.98. The zero-order valence-corrected chi connectivity index (χ0v) is 16.2. The standard InChI is InChI=1S/C21H18F3NO3S/c1-3-14(20(27)28)5-4-13(2)11-25-19(26)18-10-16(12-29-18)15-6-8-17(9-7-15)21(22,23)24/h3-10,12H,2,11H2,1H3,(H,25,26)(H,27,28)/b5-4-,14-3+. The highest BCUT2D eigenvalue weighted by Gasteiger charge is 2.30. The van der Waals surface area contributed by atoms with Crippen LogP contribution in [0.2, 0.25) is 0 Å². The topological polar surface area (TPSA) is 66.4 Å². The number of allylic oxidation sites excluding steroid dienone is 1. The van der Waals surface area contributed by atoms with Gasteiger partial charge in [0.15, 0.2) is 0 Å². The number of carboxylic acids is 1. The second-order valence-electron chi connectivity index (χ2n) is 6.00. The molecular formula is C21H18F3NO3S. The first-order chi connectivity index (χ1) is 13.6. The Morgan fingerprint density at radius 2 is 1.83 bits per heavy atom. The second kappa shape index (κ2) is 9.38. The van der Waals surface area contributed by atoms with Crippen LogP contribution in [0.3, 0.4) is 0 Å². The number of halogens is 3. The van der Waals surface area contributed by atoms with Crippen LogP contribution in [0, 0.1) is 0 Å². The van der Waals surface area contributed by atoms with E-state index in [1.807, 2.05) is 0 Å². The molecule has 0 saturated heterocycles. The number of hydrogen-bond acceptors (Lipinski definition) is 3. The van der Waals surface area contributed by atoms with Gasteiger partial charge in [0.1, 0.15) is 0 Å². The van der Waals surface area contributed by atoms with Gasteiger partial charge in [-0.2, -0.15) is 13.2 Å². The number of carbonyl (C=O) groups is 2. The van der Waals surface area contributed by atoms with E-state index in [1.165, 1.54) is 41.7 Å². The van der Waals surface area contributed by atoms with E-state index in [9.17, 15) is 22.8 Å². The Kier molecular flexibility index (Phi) is 7.17. The summed E-state index contributed by atoms with van der Waals surface area (Å²) in [4.78, 5) is 23.6. The maximum atomic E-state index is 12.6. The molecule has 0 spiro atoms. The van der Waals surface area contributed by atoms with Gasteiger partial charge < -0.3 is 10.4 Å². The van der Waals surface area contributed by atoms with Gasteiger partial charge in [-0.25, -0.2) is 4.79 Å². The number of thiophene rings is 1. The van der Waals surface area contributed by atoms with Gasteiger partial charge in [0.05, 0.1) is 16.0 Å². The lowest BCUT2D eigenvalue weighted by Crippen LogP contribution is -2.24. The maximum Gasteiger partial charge on any atom is 0.416 e. The van der Waals surface area contributed by atoms with Crippen LogP contribution >= 0.6 is 11.3 Å². The van der Waals surface area contributed by atoms with E-state index < -0.39 is 17.7 Å². The molecule has 0 aliphatic rings. The summed E-state index contributed by atoms with van der Waals surface area (Å²) < 4.78 is 37.9. The number of nitrogens with one attached hydrogen (secondary N) is 1. The van der Waals surface area contributed by atoms with E-state index in [2.05, 4.69) is 11.9 Å². The number of benzene rings is 1. The minimum atomic E-state index is -4.40. The van der Waals surface area contributed by atoms with E-state index in [-0.39, 0.29) is 18.0 Å². The van der Waals surface area contributed by atoms with Crippen LogP contribution in [0.1, 0.15) is 22.2 Å². The third kappa shape index (κ3) is 6.18. The van der Waals surface area contributed by atoms with E-state index in [0.29, 0.717) is 21.6 Å². The highest BCUT2D eigenvalue weighted by Crippen LogP contribution is 2.32. The van der Waals surface area contributed by atoms with Crippen molar-refractivity contribution in [2.45, 2.75) is 13.1 Å². The molecule has 0 unspecified atom stereocenters. The molecule has 1 aromatic carbocycles. The molecule has 0 atom stereocenters. The predicted molar refractivity (Wildman–Crippen MR) is 107 cm³/mol. The van der Waals surface area contributed by atoms with Crippen LogP contribution in [0.15, 0.2) is 71.7 Å². The van der Waals surface area contributed by atoms with E-state index in [1.54, 1.807) is 18.4 Å². The second-order valence-corrected chi connectivity index (χ2v) is 6.91. The van der Waals surface area contributed by atoms with Gasteiger partial charge in [-0.3, -0.25) is 4.79 Å². The van der Waals surface area contributed by atoms with Crippen LogP contribution in [-0.2, 0) is 11.0 Å². The third-order valence-electron chi connectivity index (χ3n) is 3.90. The zero-order valence-electron chi connectivity index (χ0n) is 15.4. The summed E-state index contributed by atoms with van der Waals surface area (Å²) in [5, 5.41) is 13.3. The van der Waals surface area contributed by atoms with Crippen molar-refractivity contribution in [3.63, 3.8) is 0 Å². The molecule has 152 valence electrons. The minimum absolute atomic E-state index is 0.108. The van der Waals surface area contributed by atoms with Crippen LogP contribution in [0.5, 0.6) is 0 Å². The molecule has 2 rings (SSSR count). The Morgan fingerprint density at radius 3 is 2.38 bits per heavy atom. The summed E-state index contributed by atoms with van der Waals surface area (Å²) >= 11 is 1.17. The van der Waals surface area contributed by atoms with Crippen molar-refractivity contribution < 1.29 is 27.9 Å². The molecule has 1 aromatic heterocycles. The van der Waals surface area contributed by atoms with Crippen molar-refractivity contribution >= 4 is 23.2 Å². The van der Waals surface area contributed by atoms with Crippen LogP contribution in [0.25, 0.3) is 11.1 Å². The molecule has 0 fully saturated rings. The summed E-state index contributed by atoms with van der Waals surface area (Å²) in [6, 6.07) is 6.32. The molecule has 2 aromatic rings. The molecule has 1 amide bonds. The van der Waals surface area contributed by atoms with Crippen molar-refractivity contribution in [1.29, 1.82) is 0 Å². The number of carboxylic acid groups (broad SMARTS) is 1. The van der Waals surface area contributed by atoms with Crippen LogP contribution in [0.4, 0.5) is 13.2 Å². The Bertz CT molecular complexity index is 970. The quantitative estimate of drug-likeness (QED) is 0.471. The van der Waals surface area contributed by atoms with Gasteiger partial charge in [0.25, 0.3) is 5.91 Å².